The second-order valence-corrected chi connectivity index (χ2v) is 4.01. The number of rotatable bonds is 7. The van der Waals surface area contributed by atoms with Gasteiger partial charge in [-0.1, -0.05) is 12.1 Å². The molecule has 1 atom stereocenters. The first-order chi connectivity index (χ1) is 9.06. The van der Waals surface area contributed by atoms with Crippen molar-refractivity contribution < 1.29 is 19.1 Å². The van der Waals surface area contributed by atoms with Gasteiger partial charge in [-0.15, -0.1) is 0 Å². The van der Waals surface area contributed by atoms with Gasteiger partial charge in [0.05, 0.1) is 7.11 Å². The zero-order chi connectivity index (χ0) is 14.3. The maximum atomic E-state index is 11.4. The van der Waals surface area contributed by atoms with Crippen molar-refractivity contribution in [3.63, 3.8) is 0 Å². The van der Waals surface area contributed by atoms with Crippen LogP contribution in [-0.4, -0.2) is 38.7 Å². The Balaban J connectivity index is 2.72. The monoisotopic (exact) mass is 266 g/mol. The summed E-state index contributed by atoms with van der Waals surface area (Å²) in [5.74, 6) is -0.287. The molecule has 0 aliphatic carbocycles. The number of carbonyl (C=O) groups is 2. The minimum Gasteiger partial charge on any atom is -0.497 e. The Bertz CT molecular complexity index is 448. The Hall–Kier alpha value is -2.08. The predicted octanol–water partition coefficient (Wildman–Crippen LogP) is -0.146. The molecule has 2 amide bonds. The third-order valence-electron chi connectivity index (χ3n) is 2.53. The van der Waals surface area contributed by atoms with Crippen molar-refractivity contribution in [2.75, 3.05) is 20.8 Å². The molecular weight excluding hydrogens is 248 g/mol. The van der Waals surface area contributed by atoms with E-state index >= 15 is 0 Å². The number of hydrogen-bond donors (Lipinski definition) is 2. The van der Waals surface area contributed by atoms with Gasteiger partial charge in [0.15, 0.2) is 0 Å². The number of benzene rings is 1. The van der Waals surface area contributed by atoms with Gasteiger partial charge in [0.25, 0.3) is 0 Å². The summed E-state index contributed by atoms with van der Waals surface area (Å²) in [6.07, 6.45) is 0.308. The smallest absolute Gasteiger partial charge is 0.246 e. The highest BCUT2D eigenvalue weighted by Gasteiger charge is 2.18. The van der Waals surface area contributed by atoms with Crippen molar-refractivity contribution in [2.24, 2.45) is 5.73 Å². The van der Waals surface area contributed by atoms with Crippen LogP contribution in [0.5, 0.6) is 5.75 Å². The van der Waals surface area contributed by atoms with Gasteiger partial charge in [-0.2, -0.15) is 0 Å². The lowest BCUT2D eigenvalue weighted by Gasteiger charge is -2.15. The molecule has 0 spiro atoms. The zero-order valence-electron chi connectivity index (χ0n) is 11.0. The average Bonchev–Trinajstić information content (AvgIpc) is 2.38. The number of nitrogens with two attached hydrogens (primary N) is 1. The van der Waals surface area contributed by atoms with Crippen LogP contribution in [-0.2, 0) is 20.7 Å². The van der Waals surface area contributed by atoms with Gasteiger partial charge in [-0.05, 0) is 17.7 Å². The molecule has 1 aromatic carbocycles. The molecule has 104 valence electrons. The van der Waals surface area contributed by atoms with Gasteiger partial charge in [-0.25, -0.2) is 0 Å². The minimum absolute atomic E-state index is 0.109. The molecular formula is C13H18N2O4. The Labute approximate surface area is 111 Å². The average molecular weight is 266 g/mol. The van der Waals surface area contributed by atoms with E-state index in [0.717, 1.165) is 5.56 Å². The SMILES string of the molecule is COCC(=O)N[C@@H](Cc1cccc(OC)c1)C(N)=O. The van der Waals surface area contributed by atoms with Crippen LogP contribution in [0.2, 0.25) is 0 Å². The number of methoxy groups -OCH3 is 2. The maximum Gasteiger partial charge on any atom is 0.246 e. The molecule has 6 heteroatoms. The van der Waals surface area contributed by atoms with Crippen molar-refractivity contribution >= 4 is 11.8 Å². The quantitative estimate of drug-likeness (QED) is 0.718. The molecule has 0 aromatic heterocycles. The summed E-state index contributed by atoms with van der Waals surface area (Å²) < 4.78 is 9.78. The topological polar surface area (TPSA) is 90.7 Å². The van der Waals surface area contributed by atoms with E-state index in [1.165, 1.54) is 7.11 Å². The highest BCUT2D eigenvalue weighted by atomic mass is 16.5. The molecule has 3 N–H and O–H groups in total. The van der Waals surface area contributed by atoms with E-state index in [0.29, 0.717) is 12.2 Å². The standard InChI is InChI=1S/C13H18N2O4/c1-18-8-12(16)15-11(13(14)17)7-9-4-3-5-10(6-9)19-2/h3-6,11H,7-8H2,1-2H3,(H2,14,17)(H,15,16)/t11-/m0/s1. The summed E-state index contributed by atoms with van der Waals surface area (Å²) in [5.41, 5.74) is 6.12. The van der Waals surface area contributed by atoms with Crippen molar-refractivity contribution in [1.82, 2.24) is 5.32 Å². The second-order valence-electron chi connectivity index (χ2n) is 4.01. The largest absolute Gasteiger partial charge is 0.497 e. The molecule has 1 aromatic rings. The summed E-state index contributed by atoms with van der Waals surface area (Å²) in [4.78, 5) is 22.7. The molecule has 19 heavy (non-hydrogen) atoms. The van der Waals surface area contributed by atoms with E-state index in [2.05, 4.69) is 10.1 Å². The Morgan fingerprint density at radius 1 is 1.37 bits per heavy atom. The fourth-order valence-corrected chi connectivity index (χ4v) is 1.62. The van der Waals surface area contributed by atoms with E-state index in [1.807, 2.05) is 12.1 Å². The molecule has 0 aliphatic heterocycles. The first-order valence-electron chi connectivity index (χ1n) is 5.77. The van der Waals surface area contributed by atoms with E-state index in [1.54, 1.807) is 19.2 Å². The van der Waals surface area contributed by atoms with E-state index < -0.39 is 11.9 Å². The van der Waals surface area contributed by atoms with Crippen LogP contribution in [0.15, 0.2) is 24.3 Å². The predicted molar refractivity (Wildman–Crippen MR) is 69.7 cm³/mol. The van der Waals surface area contributed by atoms with Crippen molar-refractivity contribution in [3.05, 3.63) is 29.8 Å². The number of carbonyl (C=O) groups excluding carboxylic acids is 2. The molecule has 0 saturated carbocycles. The number of nitrogens with one attached hydrogen (secondary N) is 1. The number of primary amides is 1. The van der Waals surface area contributed by atoms with Crippen molar-refractivity contribution in [3.8, 4) is 5.75 Å². The lowest BCUT2D eigenvalue weighted by atomic mass is 10.1. The van der Waals surface area contributed by atoms with E-state index in [-0.39, 0.29) is 12.5 Å². The van der Waals surface area contributed by atoms with Crippen molar-refractivity contribution in [1.29, 1.82) is 0 Å². The van der Waals surface area contributed by atoms with Gasteiger partial charge in [0, 0.05) is 13.5 Å². The normalized spacial score (nSPS) is 11.7. The van der Waals surface area contributed by atoms with Crippen LogP contribution < -0.4 is 15.8 Å². The Morgan fingerprint density at radius 3 is 2.68 bits per heavy atom. The molecule has 0 heterocycles. The number of amides is 2. The first-order valence-corrected chi connectivity index (χ1v) is 5.77. The number of hydrogen-bond acceptors (Lipinski definition) is 4. The van der Waals surface area contributed by atoms with Gasteiger partial charge >= 0.3 is 0 Å². The zero-order valence-corrected chi connectivity index (χ0v) is 11.0. The van der Waals surface area contributed by atoms with Gasteiger partial charge < -0.3 is 20.5 Å². The molecule has 0 unspecified atom stereocenters. The van der Waals surface area contributed by atoms with Gasteiger partial charge in [0.2, 0.25) is 11.8 Å². The fraction of sp³-hybridized carbons (Fsp3) is 0.385. The third kappa shape index (κ3) is 4.97. The van der Waals surface area contributed by atoms with Crippen LogP contribution in [0.25, 0.3) is 0 Å². The van der Waals surface area contributed by atoms with Crippen molar-refractivity contribution in [2.45, 2.75) is 12.5 Å². The van der Waals surface area contributed by atoms with E-state index in [9.17, 15) is 9.59 Å². The summed E-state index contributed by atoms with van der Waals surface area (Å²) in [7, 11) is 2.96. The molecule has 0 saturated heterocycles. The second kappa shape index (κ2) is 7.38. The molecule has 1 rings (SSSR count). The van der Waals surface area contributed by atoms with Crippen LogP contribution in [0.1, 0.15) is 5.56 Å². The minimum atomic E-state index is -0.769. The highest BCUT2D eigenvalue weighted by molar-refractivity contribution is 5.87. The fourth-order valence-electron chi connectivity index (χ4n) is 1.62. The first kappa shape index (κ1) is 15.0. The van der Waals surface area contributed by atoms with Gasteiger partial charge in [-0.3, -0.25) is 9.59 Å². The van der Waals surface area contributed by atoms with Crippen LogP contribution in [0, 0.1) is 0 Å². The van der Waals surface area contributed by atoms with Crippen LogP contribution >= 0.6 is 0 Å². The summed E-state index contributed by atoms with van der Waals surface area (Å²) >= 11 is 0. The third-order valence-corrected chi connectivity index (χ3v) is 2.53. The molecule has 6 nitrogen and oxygen atoms in total. The summed E-state index contributed by atoms with van der Waals surface area (Å²) in [6.45, 7) is -0.109. The summed E-state index contributed by atoms with van der Waals surface area (Å²) in [5, 5.41) is 2.52. The Morgan fingerprint density at radius 2 is 2.11 bits per heavy atom. The molecule has 0 aliphatic rings. The lowest BCUT2D eigenvalue weighted by Crippen LogP contribution is -2.46. The number of ether oxygens (including phenoxy) is 2. The lowest BCUT2D eigenvalue weighted by molar-refractivity contribution is -0.129. The molecule has 0 bridgehead atoms. The maximum absolute atomic E-state index is 11.4. The van der Waals surface area contributed by atoms with Gasteiger partial charge in [0.1, 0.15) is 18.4 Å². The van der Waals surface area contributed by atoms with E-state index in [4.69, 9.17) is 10.5 Å². The van der Waals surface area contributed by atoms with Crippen LogP contribution in [0.4, 0.5) is 0 Å². The summed E-state index contributed by atoms with van der Waals surface area (Å²) in [6, 6.07) is 6.46. The molecule has 0 fully saturated rings. The van der Waals surface area contributed by atoms with Crippen LogP contribution in [0.3, 0.4) is 0 Å². The Kier molecular flexibility index (Phi) is 5.81. The molecule has 0 radical (unpaired) electrons. The highest BCUT2D eigenvalue weighted by Crippen LogP contribution is 2.14.